The lowest BCUT2D eigenvalue weighted by Crippen LogP contribution is -2.10. The second-order valence-corrected chi connectivity index (χ2v) is 15.8. The van der Waals surface area contributed by atoms with E-state index in [1.165, 1.54) is 55.2 Å². The molecule has 0 saturated heterocycles. The summed E-state index contributed by atoms with van der Waals surface area (Å²) >= 11 is 5.66. The number of anilines is 3. The summed E-state index contributed by atoms with van der Waals surface area (Å²) in [6.45, 7) is 0. The average Bonchev–Trinajstić information content (AvgIpc) is 3.67. The van der Waals surface area contributed by atoms with Gasteiger partial charge in [-0.15, -0.1) is 0 Å². The number of aromatic nitrogens is 1. The second-order valence-electron chi connectivity index (χ2n) is 15.3. The van der Waals surface area contributed by atoms with E-state index in [2.05, 4.69) is 234 Å². The van der Waals surface area contributed by atoms with Crippen LogP contribution in [0, 0.1) is 0 Å². The number of thiocarbonyl (C=S) groups is 1. The summed E-state index contributed by atoms with van der Waals surface area (Å²) in [4.78, 5) is 3.29. The van der Waals surface area contributed by atoms with E-state index < -0.39 is 0 Å². The highest BCUT2D eigenvalue weighted by atomic mass is 32.1. The molecule has 1 heterocycles. The van der Waals surface area contributed by atoms with E-state index in [-0.39, 0.29) is 0 Å². The predicted octanol–water partition coefficient (Wildman–Crippen LogP) is 16.1. The van der Waals surface area contributed by atoms with Crippen molar-refractivity contribution in [3.63, 3.8) is 0 Å². The van der Waals surface area contributed by atoms with Gasteiger partial charge in [-0.1, -0.05) is 188 Å². The number of fused-ring (bicyclic) bond motifs is 3. The van der Waals surface area contributed by atoms with Crippen LogP contribution in [0.4, 0.5) is 17.1 Å². The van der Waals surface area contributed by atoms with Crippen LogP contribution in [-0.2, 0) is 0 Å². The zero-order chi connectivity index (χ0) is 41.0. The quantitative estimate of drug-likeness (QED) is 0.0951. The van der Waals surface area contributed by atoms with Crippen molar-refractivity contribution in [2.45, 2.75) is 6.42 Å². The SMILES string of the molecule is S=C(C/C=C/c1ccc(-c2ccc3c(c2)c2ccccc2n3-c2ccc(N(c3ccc(-c4ccccc4)cc3)c3ccc(-c4ccccc4)cc3)cc2)cc1)c1ccccc1. The van der Waals surface area contributed by atoms with Crippen molar-refractivity contribution >= 4 is 62.0 Å². The molecule has 10 rings (SSSR count). The molecule has 290 valence electrons. The standard InChI is InChI=1S/C58H42N2S/c61-58(48-18-8-3-9-19-48)22-12-13-42-23-25-47(26-24-42)49-31-40-57-55(41-49)54-20-10-11-21-56(54)60(57)53-38-36-52(37-39-53)59(50-32-27-45(28-33-50)43-14-4-1-5-15-43)51-34-29-46(30-35-51)44-16-6-2-7-17-44/h1-21,23-41H,22H2/b13-12+. The summed E-state index contributed by atoms with van der Waals surface area (Å²) in [5.74, 6) is 0. The van der Waals surface area contributed by atoms with Gasteiger partial charge < -0.3 is 9.47 Å². The van der Waals surface area contributed by atoms with Crippen LogP contribution in [0.5, 0.6) is 0 Å². The lowest BCUT2D eigenvalue weighted by molar-refractivity contribution is 1.17. The Morgan fingerprint density at radius 1 is 0.410 bits per heavy atom. The number of para-hydroxylation sites is 1. The molecule has 0 radical (unpaired) electrons. The third-order valence-corrected chi connectivity index (χ3v) is 11.9. The van der Waals surface area contributed by atoms with Gasteiger partial charge >= 0.3 is 0 Å². The highest BCUT2D eigenvalue weighted by Gasteiger charge is 2.17. The Morgan fingerprint density at radius 2 is 0.852 bits per heavy atom. The van der Waals surface area contributed by atoms with Crippen molar-refractivity contribution in [2.24, 2.45) is 0 Å². The van der Waals surface area contributed by atoms with E-state index in [0.717, 1.165) is 45.2 Å². The summed E-state index contributed by atoms with van der Waals surface area (Å²) in [7, 11) is 0. The molecule has 0 amide bonds. The van der Waals surface area contributed by atoms with Crippen molar-refractivity contribution in [1.29, 1.82) is 0 Å². The number of nitrogens with zero attached hydrogens (tertiary/aromatic N) is 2. The predicted molar refractivity (Wildman–Crippen MR) is 264 cm³/mol. The minimum atomic E-state index is 0.745. The molecule has 0 fully saturated rings. The van der Waals surface area contributed by atoms with Gasteiger partial charge in [0.05, 0.1) is 11.0 Å². The van der Waals surface area contributed by atoms with Crippen LogP contribution in [0.1, 0.15) is 17.5 Å². The maximum absolute atomic E-state index is 5.66. The summed E-state index contributed by atoms with van der Waals surface area (Å²) in [6.07, 6.45) is 5.06. The Bertz CT molecular complexity index is 3030. The molecule has 0 aliphatic carbocycles. The molecule has 0 bridgehead atoms. The molecule has 0 atom stereocenters. The fourth-order valence-electron chi connectivity index (χ4n) is 8.33. The largest absolute Gasteiger partial charge is 0.311 e. The van der Waals surface area contributed by atoms with Gasteiger partial charge in [0.2, 0.25) is 0 Å². The monoisotopic (exact) mass is 798 g/mol. The second kappa shape index (κ2) is 16.9. The number of hydrogen-bond donors (Lipinski definition) is 0. The van der Waals surface area contributed by atoms with Gasteiger partial charge in [-0.05, 0) is 111 Å². The van der Waals surface area contributed by atoms with Gasteiger partial charge in [0.1, 0.15) is 0 Å². The molecular formula is C58H42N2S. The van der Waals surface area contributed by atoms with Crippen LogP contribution in [0.25, 0.3) is 66.9 Å². The number of benzene rings is 9. The molecule has 3 heteroatoms. The van der Waals surface area contributed by atoms with Gasteiger partial charge in [-0.2, -0.15) is 0 Å². The van der Waals surface area contributed by atoms with Crippen LogP contribution in [-0.4, -0.2) is 9.43 Å². The summed E-state index contributed by atoms with van der Waals surface area (Å²) in [5, 5.41) is 2.46. The van der Waals surface area contributed by atoms with E-state index >= 15 is 0 Å². The van der Waals surface area contributed by atoms with Crippen LogP contribution < -0.4 is 4.90 Å². The van der Waals surface area contributed by atoms with Crippen molar-refractivity contribution < 1.29 is 0 Å². The van der Waals surface area contributed by atoms with E-state index in [0.29, 0.717) is 0 Å². The van der Waals surface area contributed by atoms with Gasteiger partial charge in [0.15, 0.2) is 0 Å². The van der Waals surface area contributed by atoms with E-state index in [1.807, 2.05) is 18.2 Å². The molecule has 9 aromatic carbocycles. The smallest absolute Gasteiger partial charge is 0.0541 e. The topological polar surface area (TPSA) is 8.17 Å². The molecule has 0 aliphatic rings. The third-order valence-electron chi connectivity index (χ3n) is 11.5. The molecule has 0 N–H and O–H groups in total. The van der Waals surface area contributed by atoms with Crippen LogP contribution in [0.3, 0.4) is 0 Å². The molecule has 0 spiro atoms. The number of rotatable bonds is 11. The van der Waals surface area contributed by atoms with Crippen molar-refractivity contribution in [1.82, 2.24) is 4.57 Å². The minimum absolute atomic E-state index is 0.745. The highest BCUT2D eigenvalue weighted by molar-refractivity contribution is 7.80. The fraction of sp³-hybridized carbons (Fsp3) is 0.0172. The maximum Gasteiger partial charge on any atom is 0.0541 e. The summed E-state index contributed by atoms with van der Waals surface area (Å²) < 4.78 is 2.39. The molecule has 0 aliphatic heterocycles. The molecule has 2 nitrogen and oxygen atoms in total. The first kappa shape index (κ1) is 37.7. The molecular weight excluding hydrogens is 757 g/mol. The Hall–Kier alpha value is -7.59. The Kier molecular flexibility index (Phi) is 10.5. The Balaban J connectivity index is 0.961. The molecule has 61 heavy (non-hydrogen) atoms. The first-order valence-corrected chi connectivity index (χ1v) is 21.2. The normalized spacial score (nSPS) is 11.3. The van der Waals surface area contributed by atoms with Gasteiger partial charge in [-0.3, -0.25) is 0 Å². The van der Waals surface area contributed by atoms with Gasteiger partial charge in [0.25, 0.3) is 0 Å². The van der Waals surface area contributed by atoms with E-state index in [9.17, 15) is 0 Å². The highest BCUT2D eigenvalue weighted by Crippen LogP contribution is 2.39. The fourth-order valence-corrected chi connectivity index (χ4v) is 8.56. The molecule has 0 saturated carbocycles. The van der Waals surface area contributed by atoms with E-state index in [1.54, 1.807) is 0 Å². The molecule has 10 aromatic rings. The van der Waals surface area contributed by atoms with Gasteiger partial charge in [-0.25, -0.2) is 0 Å². The van der Waals surface area contributed by atoms with Crippen LogP contribution in [0.15, 0.2) is 237 Å². The Morgan fingerprint density at radius 3 is 1.44 bits per heavy atom. The number of hydrogen-bond acceptors (Lipinski definition) is 2. The van der Waals surface area contributed by atoms with Crippen LogP contribution >= 0.6 is 12.2 Å². The average molecular weight is 799 g/mol. The van der Waals surface area contributed by atoms with Crippen LogP contribution in [0.2, 0.25) is 0 Å². The van der Waals surface area contributed by atoms with Crippen molar-refractivity contribution in [3.8, 4) is 39.1 Å². The maximum atomic E-state index is 5.66. The molecule has 0 unspecified atom stereocenters. The first-order chi connectivity index (χ1) is 30.2. The zero-order valence-electron chi connectivity index (χ0n) is 33.6. The lowest BCUT2D eigenvalue weighted by Gasteiger charge is -2.26. The van der Waals surface area contributed by atoms with E-state index in [4.69, 9.17) is 12.2 Å². The third kappa shape index (κ3) is 7.83. The summed E-state index contributed by atoms with van der Waals surface area (Å²) in [5.41, 5.74) is 16.2. The number of allylic oxidation sites excluding steroid dienone is 1. The van der Waals surface area contributed by atoms with Gasteiger partial charge in [0, 0.05) is 44.8 Å². The lowest BCUT2D eigenvalue weighted by atomic mass is 10.0. The summed E-state index contributed by atoms with van der Waals surface area (Å²) in [6, 6.07) is 82.4. The van der Waals surface area contributed by atoms with Crippen molar-refractivity contribution in [3.05, 3.63) is 248 Å². The Labute approximate surface area is 363 Å². The molecule has 1 aromatic heterocycles. The first-order valence-electron chi connectivity index (χ1n) is 20.8. The van der Waals surface area contributed by atoms with Crippen molar-refractivity contribution in [2.75, 3.05) is 4.90 Å². The zero-order valence-corrected chi connectivity index (χ0v) is 34.4. The minimum Gasteiger partial charge on any atom is -0.311 e.